The Hall–Kier alpha value is -1.31. The maximum atomic E-state index is 12.2. The van der Waals surface area contributed by atoms with Gasteiger partial charge in [-0.3, -0.25) is 0 Å². The summed E-state index contributed by atoms with van der Waals surface area (Å²) in [5.74, 6) is 0.457. The maximum absolute atomic E-state index is 12.2. The van der Waals surface area contributed by atoms with Crippen molar-refractivity contribution in [1.29, 1.82) is 0 Å². The predicted octanol–water partition coefficient (Wildman–Crippen LogP) is 0.434. The van der Waals surface area contributed by atoms with Gasteiger partial charge in [-0.1, -0.05) is 6.07 Å². The number of nitrogens with zero attached hydrogens (tertiary/aromatic N) is 1. The van der Waals surface area contributed by atoms with Crippen LogP contribution >= 0.6 is 0 Å². The van der Waals surface area contributed by atoms with Crippen molar-refractivity contribution >= 4 is 15.7 Å². The van der Waals surface area contributed by atoms with Crippen LogP contribution in [0.15, 0.2) is 24.3 Å². The molecule has 0 bridgehead atoms. The number of nitrogens with two attached hydrogens (primary N) is 1. The molecule has 0 radical (unpaired) electrons. The van der Waals surface area contributed by atoms with Gasteiger partial charge in [0.15, 0.2) is 0 Å². The Morgan fingerprint density at radius 3 is 2.95 bits per heavy atom. The van der Waals surface area contributed by atoms with Crippen molar-refractivity contribution in [2.24, 2.45) is 0 Å². The van der Waals surface area contributed by atoms with Gasteiger partial charge in [0, 0.05) is 24.3 Å². The van der Waals surface area contributed by atoms with Gasteiger partial charge in [-0.05, 0) is 25.0 Å². The number of nitrogen functional groups attached to an aromatic ring is 1. The first-order valence-corrected chi connectivity index (χ1v) is 8.22. The number of hydrogen-bond donors (Lipinski definition) is 2. The summed E-state index contributed by atoms with van der Waals surface area (Å²) >= 11 is 0. The average Bonchev–Trinajstić information content (AvgIpc) is 2.87. The largest absolute Gasteiger partial charge is 0.492 e. The normalized spacial score (nSPS) is 20.1. The fourth-order valence-electron chi connectivity index (χ4n) is 2.34. The summed E-state index contributed by atoms with van der Waals surface area (Å²) in [7, 11) is -3.38. The van der Waals surface area contributed by atoms with Gasteiger partial charge >= 0.3 is 0 Å². The number of ether oxygens (including phenoxy) is 1. The van der Waals surface area contributed by atoms with Gasteiger partial charge in [0.2, 0.25) is 10.0 Å². The standard InChI is InChI=1S/C13H20N2O4S/c14-11-3-1-5-13(9-11)19-7-8-20(17,18)15-6-2-4-12(15)10-16/h1,3,5,9,12,16H,2,4,6-8,10,14H2. The van der Waals surface area contributed by atoms with E-state index in [9.17, 15) is 13.5 Å². The second-order valence-corrected chi connectivity index (χ2v) is 6.87. The lowest BCUT2D eigenvalue weighted by Gasteiger charge is -2.22. The van der Waals surface area contributed by atoms with Gasteiger partial charge in [-0.25, -0.2) is 8.42 Å². The number of anilines is 1. The summed E-state index contributed by atoms with van der Waals surface area (Å²) in [5.41, 5.74) is 6.19. The number of sulfonamides is 1. The lowest BCUT2D eigenvalue weighted by Crippen LogP contribution is -2.40. The van der Waals surface area contributed by atoms with Crippen molar-refractivity contribution in [2.75, 3.05) is 31.2 Å². The Morgan fingerprint density at radius 2 is 2.25 bits per heavy atom. The summed E-state index contributed by atoms with van der Waals surface area (Å²) in [6.45, 7) is 0.418. The Morgan fingerprint density at radius 1 is 1.45 bits per heavy atom. The van der Waals surface area contributed by atoms with Crippen molar-refractivity contribution < 1.29 is 18.3 Å². The summed E-state index contributed by atoms with van der Waals surface area (Å²) in [6, 6.07) is 6.59. The molecular weight excluding hydrogens is 280 g/mol. The minimum absolute atomic E-state index is 0.0699. The van der Waals surface area contributed by atoms with Crippen molar-refractivity contribution in [3.63, 3.8) is 0 Å². The fraction of sp³-hybridized carbons (Fsp3) is 0.538. The Labute approximate surface area is 119 Å². The number of benzene rings is 1. The fourth-order valence-corrected chi connectivity index (χ4v) is 3.91. The molecule has 0 amide bonds. The highest BCUT2D eigenvalue weighted by Gasteiger charge is 2.33. The van der Waals surface area contributed by atoms with Crippen LogP contribution in [0.4, 0.5) is 5.69 Å². The lowest BCUT2D eigenvalue weighted by molar-refractivity contribution is 0.212. The van der Waals surface area contributed by atoms with Crippen LogP contribution in [0.3, 0.4) is 0 Å². The van der Waals surface area contributed by atoms with Gasteiger partial charge in [0.25, 0.3) is 0 Å². The lowest BCUT2D eigenvalue weighted by atomic mass is 10.2. The third-order valence-electron chi connectivity index (χ3n) is 3.36. The molecule has 2 rings (SSSR count). The summed E-state index contributed by atoms with van der Waals surface area (Å²) in [6.07, 6.45) is 1.51. The van der Waals surface area contributed by atoms with E-state index in [1.54, 1.807) is 24.3 Å². The molecule has 6 nitrogen and oxygen atoms in total. The van der Waals surface area contributed by atoms with E-state index in [-0.39, 0.29) is 25.0 Å². The van der Waals surface area contributed by atoms with Gasteiger partial charge in [0.1, 0.15) is 12.4 Å². The van der Waals surface area contributed by atoms with Crippen LogP contribution in [0.2, 0.25) is 0 Å². The molecule has 1 aliphatic heterocycles. The van der Waals surface area contributed by atoms with Gasteiger partial charge < -0.3 is 15.6 Å². The van der Waals surface area contributed by atoms with Crippen LogP contribution in [0.25, 0.3) is 0 Å². The summed E-state index contributed by atoms with van der Waals surface area (Å²) < 4.78 is 31.1. The quantitative estimate of drug-likeness (QED) is 0.743. The molecule has 112 valence electrons. The summed E-state index contributed by atoms with van der Waals surface area (Å²) in [5, 5.41) is 9.18. The zero-order valence-corrected chi connectivity index (χ0v) is 12.1. The van der Waals surface area contributed by atoms with Crippen molar-refractivity contribution in [2.45, 2.75) is 18.9 Å². The average molecular weight is 300 g/mol. The molecule has 1 saturated heterocycles. The topological polar surface area (TPSA) is 92.9 Å². The van der Waals surface area contributed by atoms with E-state index in [2.05, 4.69) is 0 Å². The minimum Gasteiger partial charge on any atom is -0.492 e. The number of rotatable bonds is 6. The van der Waals surface area contributed by atoms with Gasteiger partial charge in [0.05, 0.1) is 12.4 Å². The summed E-state index contributed by atoms with van der Waals surface area (Å²) in [4.78, 5) is 0. The van der Waals surface area contributed by atoms with Crippen LogP contribution in [0.5, 0.6) is 5.75 Å². The number of aliphatic hydroxyl groups is 1. The van der Waals surface area contributed by atoms with E-state index in [0.717, 1.165) is 6.42 Å². The molecule has 0 aromatic heterocycles. The SMILES string of the molecule is Nc1cccc(OCCS(=O)(=O)N2CCCC2CO)c1. The molecule has 1 fully saturated rings. The molecule has 0 spiro atoms. The number of hydrogen-bond acceptors (Lipinski definition) is 5. The Balaban J connectivity index is 1.89. The molecule has 3 N–H and O–H groups in total. The van der Waals surface area contributed by atoms with E-state index < -0.39 is 10.0 Å². The highest BCUT2D eigenvalue weighted by atomic mass is 32.2. The van der Waals surface area contributed by atoms with Crippen LogP contribution in [0.1, 0.15) is 12.8 Å². The maximum Gasteiger partial charge on any atom is 0.217 e. The first-order chi connectivity index (χ1) is 9.53. The molecule has 0 aliphatic carbocycles. The highest BCUT2D eigenvalue weighted by Crippen LogP contribution is 2.21. The molecule has 1 aromatic carbocycles. The molecule has 1 heterocycles. The number of aliphatic hydroxyl groups excluding tert-OH is 1. The van der Waals surface area contributed by atoms with Crippen molar-refractivity contribution in [1.82, 2.24) is 4.31 Å². The van der Waals surface area contributed by atoms with E-state index in [1.807, 2.05) is 0 Å². The van der Waals surface area contributed by atoms with Gasteiger partial charge in [-0.2, -0.15) is 4.31 Å². The smallest absolute Gasteiger partial charge is 0.217 e. The van der Waals surface area contributed by atoms with Crippen LogP contribution < -0.4 is 10.5 Å². The Bertz CT molecular complexity index is 547. The highest BCUT2D eigenvalue weighted by molar-refractivity contribution is 7.89. The molecule has 1 aliphatic rings. The third-order valence-corrected chi connectivity index (χ3v) is 5.24. The molecule has 1 aromatic rings. The second-order valence-electron chi connectivity index (χ2n) is 4.83. The van der Waals surface area contributed by atoms with Crippen molar-refractivity contribution in [3.8, 4) is 5.75 Å². The molecule has 20 heavy (non-hydrogen) atoms. The molecule has 1 atom stereocenters. The molecular formula is C13H20N2O4S. The van der Waals surface area contributed by atoms with Crippen LogP contribution in [-0.2, 0) is 10.0 Å². The van der Waals surface area contributed by atoms with Crippen LogP contribution in [-0.4, -0.2) is 49.4 Å². The Kier molecular flexibility index (Phi) is 4.85. The predicted molar refractivity (Wildman–Crippen MR) is 77.0 cm³/mol. The van der Waals surface area contributed by atoms with Crippen molar-refractivity contribution in [3.05, 3.63) is 24.3 Å². The molecule has 0 saturated carbocycles. The van der Waals surface area contributed by atoms with E-state index in [4.69, 9.17) is 10.5 Å². The zero-order valence-electron chi connectivity index (χ0n) is 11.2. The van der Waals surface area contributed by atoms with E-state index in [0.29, 0.717) is 24.4 Å². The van der Waals surface area contributed by atoms with E-state index in [1.165, 1.54) is 4.31 Å². The van der Waals surface area contributed by atoms with E-state index >= 15 is 0 Å². The second kappa shape index (κ2) is 6.43. The first-order valence-electron chi connectivity index (χ1n) is 6.61. The zero-order chi connectivity index (χ0) is 14.6. The first kappa shape index (κ1) is 15.1. The molecule has 1 unspecified atom stereocenters. The minimum atomic E-state index is -3.38. The third kappa shape index (κ3) is 3.62. The van der Waals surface area contributed by atoms with Gasteiger partial charge in [-0.15, -0.1) is 0 Å². The van der Waals surface area contributed by atoms with Crippen LogP contribution in [0, 0.1) is 0 Å². The monoisotopic (exact) mass is 300 g/mol. The molecule has 7 heteroatoms.